The number of ether oxygens (including phenoxy) is 3. The fraction of sp³-hybridized carbons (Fsp3) is 0.643. The summed E-state index contributed by atoms with van der Waals surface area (Å²) in [6.45, 7) is 4.92. The van der Waals surface area contributed by atoms with Crippen molar-refractivity contribution in [3.05, 3.63) is 17.0 Å². The monoisotopic (exact) mass is 361 g/mol. The highest BCUT2D eigenvalue weighted by Gasteiger charge is 2.19. The summed E-state index contributed by atoms with van der Waals surface area (Å²) in [5.41, 5.74) is 5.93. The fourth-order valence-electron chi connectivity index (χ4n) is 1.67. The summed E-state index contributed by atoms with van der Waals surface area (Å²) in [7, 11) is 3.09. The van der Waals surface area contributed by atoms with Crippen LogP contribution in [0.4, 0.5) is 0 Å². The zero-order chi connectivity index (χ0) is 18.1. The van der Waals surface area contributed by atoms with Crippen molar-refractivity contribution in [2.45, 2.75) is 32.2 Å². The zero-order valence-electron chi connectivity index (χ0n) is 14.2. The molecule has 1 aromatic rings. The second-order valence-electron chi connectivity index (χ2n) is 5.11. The normalized spacial score (nSPS) is 14.8. The first-order chi connectivity index (χ1) is 11.4. The average Bonchev–Trinajstić information content (AvgIpc) is 2.53. The highest BCUT2D eigenvalue weighted by Crippen LogP contribution is 2.16. The van der Waals surface area contributed by atoms with Gasteiger partial charge in [-0.15, -0.1) is 0 Å². The van der Waals surface area contributed by atoms with Crippen LogP contribution in [0.3, 0.4) is 0 Å². The minimum Gasteiger partial charge on any atom is -0.463 e. The van der Waals surface area contributed by atoms with Gasteiger partial charge in [-0.3, -0.25) is 11.1 Å². The van der Waals surface area contributed by atoms with E-state index in [-0.39, 0.29) is 22.9 Å². The van der Waals surface area contributed by atoms with Crippen LogP contribution < -0.4 is 21.1 Å². The van der Waals surface area contributed by atoms with Gasteiger partial charge >= 0.3 is 5.97 Å². The lowest BCUT2D eigenvalue weighted by atomic mass is 10.3. The Balaban J connectivity index is 2.55. The van der Waals surface area contributed by atoms with Crippen molar-refractivity contribution in [2.24, 2.45) is 5.73 Å². The molecule has 1 aromatic heterocycles. The van der Waals surface area contributed by atoms with Crippen molar-refractivity contribution in [3.63, 3.8) is 0 Å². The van der Waals surface area contributed by atoms with E-state index in [1.54, 1.807) is 6.92 Å². The SMILES string of the molecule is CNC[C@@H](C)NCO[C@@H](C)C(N)Oc1cc(Cl)nc(C(=O)OC)n1. The molecule has 0 amide bonds. The Hall–Kier alpha value is -1.52. The highest BCUT2D eigenvalue weighted by molar-refractivity contribution is 6.29. The van der Waals surface area contributed by atoms with Crippen molar-refractivity contribution in [3.8, 4) is 5.88 Å². The fourth-order valence-corrected chi connectivity index (χ4v) is 1.84. The average molecular weight is 362 g/mol. The molecule has 0 fully saturated rings. The lowest BCUT2D eigenvalue weighted by Gasteiger charge is -2.22. The van der Waals surface area contributed by atoms with Crippen LogP contribution in [0.2, 0.25) is 5.15 Å². The number of hydrogen-bond acceptors (Lipinski definition) is 9. The number of aromatic nitrogens is 2. The maximum absolute atomic E-state index is 11.5. The molecule has 3 atom stereocenters. The van der Waals surface area contributed by atoms with Gasteiger partial charge in [0, 0.05) is 18.7 Å². The Morgan fingerprint density at radius 1 is 1.42 bits per heavy atom. The van der Waals surface area contributed by atoms with E-state index in [0.717, 1.165) is 6.54 Å². The molecule has 4 N–H and O–H groups in total. The van der Waals surface area contributed by atoms with Crippen LogP contribution in [-0.4, -0.2) is 61.7 Å². The van der Waals surface area contributed by atoms with Crippen molar-refractivity contribution < 1.29 is 19.0 Å². The molecule has 0 radical (unpaired) electrons. The van der Waals surface area contributed by atoms with E-state index in [9.17, 15) is 4.79 Å². The number of carbonyl (C=O) groups is 1. The number of halogens is 1. The predicted molar refractivity (Wildman–Crippen MR) is 88.9 cm³/mol. The topological polar surface area (TPSA) is 121 Å². The molecule has 24 heavy (non-hydrogen) atoms. The van der Waals surface area contributed by atoms with Crippen LogP contribution in [0.25, 0.3) is 0 Å². The molecule has 0 bridgehead atoms. The summed E-state index contributed by atoms with van der Waals surface area (Å²) >= 11 is 5.84. The Labute approximate surface area is 146 Å². The van der Waals surface area contributed by atoms with E-state index in [2.05, 4.69) is 25.3 Å². The molecule has 0 aliphatic carbocycles. The van der Waals surface area contributed by atoms with Gasteiger partial charge in [0.25, 0.3) is 0 Å². The summed E-state index contributed by atoms with van der Waals surface area (Å²) in [6.07, 6.45) is -1.22. The number of hydrogen-bond donors (Lipinski definition) is 3. The third-order valence-corrected chi connectivity index (χ3v) is 3.24. The highest BCUT2D eigenvalue weighted by atomic mass is 35.5. The van der Waals surface area contributed by atoms with Crippen LogP contribution in [0, 0.1) is 0 Å². The van der Waals surface area contributed by atoms with Gasteiger partial charge in [0.15, 0.2) is 6.23 Å². The molecule has 9 nitrogen and oxygen atoms in total. The first-order valence-corrected chi connectivity index (χ1v) is 7.79. The second kappa shape index (κ2) is 10.4. The first-order valence-electron chi connectivity index (χ1n) is 7.42. The van der Waals surface area contributed by atoms with Crippen LogP contribution in [-0.2, 0) is 9.47 Å². The number of likely N-dealkylation sites (N-methyl/N-ethyl adjacent to an activating group) is 1. The molecule has 0 aliphatic heterocycles. The van der Waals surface area contributed by atoms with Gasteiger partial charge in [-0.1, -0.05) is 11.6 Å². The van der Waals surface area contributed by atoms with E-state index >= 15 is 0 Å². The number of rotatable bonds is 10. The predicted octanol–water partition coefficient (Wildman–Crippen LogP) is 0.140. The van der Waals surface area contributed by atoms with Gasteiger partial charge in [-0.05, 0) is 20.9 Å². The smallest absolute Gasteiger partial charge is 0.376 e. The summed E-state index contributed by atoms with van der Waals surface area (Å²) in [5, 5.41) is 6.27. The Bertz CT molecular complexity index is 534. The maximum Gasteiger partial charge on any atom is 0.376 e. The molecule has 0 saturated heterocycles. The number of methoxy groups -OCH3 is 1. The van der Waals surface area contributed by atoms with Gasteiger partial charge in [0.2, 0.25) is 11.7 Å². The van der Waals surface area contributed by atoms with Gasteiger partial charge in [0.05, 0.1) is 13.8 Å². The van der Waals surface area contributed by atoms with Gasteiger partial charge in [0.1, 0.15) is 11.3 Å². The van der Waals surface area contributed by atoms with Crippen molar-refractivity contribution in [2.75, 3.05) is 27.4 Å². The lowest BCUT2D eigenvalue weighted by molar-refractivity contribution is -0.0237. The molecule has 10 heteroatoms. The molecule has 1 heterocycles. The van der Waals surface area contributed by atoms with E-state index in [1.165, 1.54) is 13.2 Å². The Morgan fingerprint density at radius 3 is 2.75 bits per heavy atom. The van der Waals surface area contributed by atoms with Gasteiger partial charge in [-0.2, -0.15) is 4.98 Å². The van der Waals surface area contributed by atoms with E-state index in [1.807, 2.05) is 14.0 Å². The molecular formula is C14H24ClN5O4. The van der Waals surface area contributed by atoms with E-state index < -0.39 is 18.3 Å². The first kappa shape index (κ1) is 20.5. The van der Waals surface area contributed by atoms with E-state index in [4.69, 9.17) is 26.8 Å². The standard InChI is InChI=1S/C14H24ClN5O4/c1-8(6-17-3)18-7-23-9(2)12(16)24-11-5-10(15)19-13(20-11)14(21)22-4/h5,8-9,12,17-18H,6-7,16H2,1-4H3/t8-,9+,12?/m1/s1. The van der Waals surface area contributed by atoms with Gasteiger partial charge < -0.3 is 19.5 Å². The van der Waals surface area contributed by atoms with Crippen LogP contribution >= 0.6 is 11.6 Å². The number of nitrogens with two attached hydrogens (primary N) is 1. The molecule has 136 valence electrons. The Kier molecular flexibility index (Phi) is 8.87. The molecule has 0 aliphatic rings. The number of carbonyl (C=O) groups excluding carboxylic acids is 1. The Morgan fingerprint density at radius 2 is 2.12 bits per heavy atom. The summed E-state index contributed by atoms with van der Waals surface area (Å²) in [5.74, 6) is -0.860. The van der Waals surface area contributed by atoms with Crippen molar-refractivity contribution in [1.82, 2.24) is 20.6 Å². The zero-order valence-corrected chi connectivity index (χ0v) is 15.0. The molecule has 0 saturated carbocycles. The van der Waals surface area contributed by atoms with Crippen LogP contribution in [0.5, 0.6) is 5.88 Å². The maximum atomic E-state index is 11.5. The summed E-state index contributed by atoms with van der Waals surface area (Å²) < 4.78 is 15.6. The third-order valence-electron chi connectivity index (χ3n) is 3.05. The molecule has 0 aromatic carbocycles. The second-order valence-corrected chi connectivity index (χ2v) is 5.49. The minimum atomic E-state index is -0.803. The van der Waals surface area contributed by atoms with Gasteiger partial charge in [-0.25, -0.2) is 9.78 Å². The molecule has 0 spiro atoms. The lowest BCUT2D eigenvalue weighted by Crippen LogP contribution is -2.43. The third kappa shape index (κ3) is 6.93. The number of nitrogens with one attached hydrogen (secondary N) is 2. The quantitative estimate of drug-likeness (QED) is 0.303. The number of nitrogens with zero attached hydrogens (tertiary/aromatic N) is 2. The number of esters is 1. The van der Waals surface area contributed by atoms with Crippen LogP contribution in [0.1, 0.15) is 24.5 Å². The van der Waals surface area contributed by atoms with Crippen molar-refractivity contribution >= 4 is 17.6 Å². The largest absolute Gasteiger partial charge is 0.463 e. The summed E-state index contributed by atoms with van der Waals surface area (Å²) in [6, 6.07) is 1.61. The molecule has 1 rings (SSSR count). The molecular weight excluding hydrogens is 338 g/mol. The van der Waals surface area contributed by atoms with Crippen molar-refractivity contribution in [1.29, 1.82) is 0 Å². The summed E-state index contributed by atoms with van der Waals surface area (Å²) in [4.78, 5) is 19.1. The van der Waals surface area contributed by atoms with Crippen LogP contribution in [0.15, 0.2) is 6.07 Å². The minimum absolute atomic E-state index is 0.0451. The van der Waals surface area contributed by atoms with E-state index in [0.29, 0.717) is 6.73 Å². The molecule has 1 unspecified atom stereocenters.